The molecule has 0 aliphatic carbocycles. The fourth-order valence-corrected chi connectivity index (χ4v) is 1.40. The van der Waals surface area contributed by atoms with Gasteiger partial charge in [-0.05, 0) is 19.1 Å². The predicted molar refractivity (Wildman–Crippen MR) is 62.4 cm³/mol. The van der Waals surface area contributed by atoms with E-state index >= 15 is 0 Å². The molecule has 0 saturated heterocycles. The van der Waals surface area contributed by atoms with E-state index in [4.69, 9.17) is 9.47 Å². The van der Waals surface area contributed by atoms with Gasteiger partial charge in [-0.15, -0.1) is 0 Å². The molecule has 5 heteroatoms. The number of ether oxygens (including phenoxy) is 2. The molecule has 0 aromatic heterocycles. The van der Waals surface area contributed by atoms with E-state index in [9.17, 15) is 4.79 Å². The van der Waals surface area contributed by atoms with Gasteiger partial charge in [0.1, 0.15) is 6.61 Å². The Morgan fingerprint density at radius 2 is 2.06 bits per heavy atom. The summed E-state index contributed by atoms with van der Waals surface area (Å²) in [7, 11) is 0. The zero-order chi connectivity index (χ0) is 12.3. The lowest BCUT2D eigenvalue weighted by atomic mass is 10.2. The molecular formula is C12H14N2O3. The van der Waals surface area contributed by atoms with Crippen LogP contribution in [0.15, 0.2) is 36.5 Å². The summed E-state index contributed by atoms with van der Waals surface area (Å²) in [6.07, 6.45) is -0.656. The van der Waals surface area contributed by atoms with Crippen LogP contribution >= 0.6 is 0 Å². The molecule has 1 aromatic carbocycles. The minimum atomic E-state index is -0.656. The number of allylic oxidation sites excluding steroid dienone is 1. The molecular weight excluding hydrogens is 220 g/mol. The summed E-state index contributed by atoms with van der Waals surface area (Å²) >= 11 is 0. The Morgan fingerprint density at radius 3 is 2.76 bits per heavy atom. The zero-order valence-corrected chi connectivity index (χ0v) is 9.53. The van der Waals surface area contributed by atoms with Gasteiger partial charge in [0.05, 0.1) is 0 Å². The Kier molecular flexibility index (Phi) is 3.18. The van der Waals surface area contributed by atoms with Crippen LogP contribution in [0.2, 0.25) is 0 Å². The first-order valence-corrected chi connectivity index (χ1v) is 5.26. The predicted octanol–water partition coefficient (Wildman–Crippen LogP) is 0.981. The van der Waals surface area contributed by atoms with Gasteiger partial charge in [0.2, 0.25) is 6.10 Å². The first kappa shape index (κ1) is 11.3. The number of para-hydroxylation sites is 2. The van der Waals surface area contributed by atoms with Crippen molar-refractivity contribution in [3.05, 3.63) is 36.5 Å². The van der Waals surface area contributed by atoms with Crippen molar-refractivity contribution in [1.29, 1.82) is 0 Å². The van der Waals surface area contributed by atoms with E-state index in [1.807, 2.05) is 12.1 Å². The summed E-state index contributed by atoms with van der Waals surface area (Å²) in [6, 6.07) is 7.25. The molecule has 1 amide bonds. The third-order valence-electron chi connectivity index (χ3n) is 2.20. The summed E-state index contributed by atoms with van der Waals surface area (Å²) < 4.78 is 10.9. The number of rotatable bonds is 3. The van der Waals surface area contributed by atoms with Crippen molar-refractivity contribution in [2.75, 3.05) is 6.61 Å². The van der Waals surface area contributed by atoms with E-state index in [2.05, 4.69) is 17.4 Å². The number of carbonyl (C=O) groups is 1. The second kappa shape index (κ2) is 4.78. The summed E-state index contributed by atoms with van der Waals surface area (Å²) in [5.74, 6) is 0.945. The Labute approximate surface area is 99.4 Å². The molecule has 17 heavy (non-hydrogen) atoms. The average molecular weight is 234 g/mol. The minimum Gasteiger partial charge on any atom is -0.485 e. The molecule has 2 rings (SSSR count). The van der Waals surface area contributed by atoms with Crippen molar-refractivity contribution in [3.8, 4) is 11.5 Å². The Hall–Kier alpha value is -2.17. The van der Waals surface area contributed by atoms with Gasteiger partial charge < -0.3 is 14.9 Å². The third-order valence-corrected chi connectivity index (χ3v) is 2.20. The van der Waals surface area contributed by atoms with Gasteiger partial charge in [-0.1, -0.05) is 18.7 Å². The fourth-order valence-electron chi connectivity index (χ4n) is 1.40. The first-order valence-electron chi connectivity index (χ1n) is 5.26. The SMILES string of the molecule is C=C(C)NNC(=O)[C@H]1COc2ccccc2O1. The molecule has 1 atom stereocenters. The van der Waals surface area contributed by atoms with Crippen LogP contribution < -0.4 is 20.3 Å². The van der Waals surface area contributed by atoms with Gasteiger partial charge in [-0.3, -0.25) is 10.2 Å². The number of nitrogens with one attached hydrogen (secondary N) is 2. The number of hydrazine groups is 1. The summed E-state index contributed by atoms with van der Waals surface area (Å²) in [4.78, 5) is 11.7. The highest BCUT2D eigenvalue weighted by molar-refractivity contribution is 5.81. The normalized spacial score (nSPS) is 17.1. The van der Waals surface area contributed by atoms with Crippen molar-refractivity contribution in [3.63, 3.8) is 0 Å². The van der Waals surface area contributed by atoms with E-state index in [0.29, 0.717) is 17.2 Å². The number of benzene rings is 1. The number of hydrogen-bond donors (Lipinski definition) is 2. The molecule has 1 heterocycles. The molecule has 1 aliphatic heterocycles. The van der Waals surface area contributed by atoms with Crippen LogP contribution in [-0.4, -0.2) is 18.6 Å². The molecule has 0 spiro atoms. The van der Waals surface area contributed by atoms with Crippen molar-refractivity contribution < 1.29 is 14.3 Å². The van der Waals surface area contributed by atoms with Gasteiger partial charge in [0.25, 0.3) is 5.91 Å². The maximum Gasteiger partial charge on any atom is 0.282 e. The molecule has 1 aromatic rings. The quantitative estimate of drug-likeness (QED) is 0.765. The van der Waals surface area contributed by atoms with Crippen LogP contribution in [-0.2, 0) is 4.79 Å². The summed E-state index contributed by atoms with van der Waals surface area (Å²) in [6.45, 7) is 5.55. The molecule has 0 unspecified atom stereocenters. The van der Waals surface area contributed by atoms with Crippen molar-refractivity contribution >= 4 is 5.91 Å². The Bertz CT molecular complexity index is 445. The van der Waals surface area contributed by atoms with Gasteiger partial charge in [-0.25, -0.2) is 0 Å². The molecule has 1 aliphatic rings. The maximum absolute atomic E-state index is 11.7. The van der Waals surface area contributed by atoms with Gasteiger partial charge in [0, 0.05) is 5.70 Å². The largest absolute Gasteiger partial charge is 0.485 e. The van der Waals surface area contributed by atoms with Crippen molar-refractivity contribution in [2.45, 2.75) is 13.0 Å². The minimum absolute atomic E-state index is 0.195. The zero-order valence-electron chi connectivity index (χ0n) is 9.53. The van der Waals surface area contributed by atoms with E-state index in [1.54, 1.807) is 19.1 Å². The summed E-state index contributed by atoms with van der Waals surface area (Å²) in [5.41, 5.74) is 5.77. The topological polar surface area (TPSA) is 59.6 Å². The second-order valence-electron chi connectivity index (χ2n) is 3.76. The maximum atomic E-state index is 11.7. The van der Waals surface area contributed by atoms with E-state index < -0.39 is 6.10 Å². The molecule has 2 N–H and O–H groups in total. The number of amides is 1. The summed E-state index contributed by atoms with van der Waals surface area (Å²) in [5, 5.41) is 0. The number of hydrogen-bond acceptors (Lipinski definition) is 4. The number of fused-ring (bicyclic) bond motifs is 1. The van der Waals surface area contributed by atoms with Crippen molar-refractivity contribution in [2.24, 2.45) is 0 Å². The molecule has 0 bridgehead atoms. The highest BCUT2D eigenvalue weighted by atomic mass is 16.6. The van der Waals surface area contributed by atoms with Crippen LogP contribution in [0.25, 0.3) is 0 Å². The monoisotopic (exact) mass is 234 g/mol. The molecule has 5 nitrogen and oxygen atoms in total. The fraction of sp³-hybridized carbons (Fsp3) is 0.250. The Morgan fingerprint density at radius 1 is 1.35 bits per heavy atom. The van der Waals surface area contributed by atoms with Gasteiger partial charge in [-0.2, -0.15) is 0 Å². The van der Waals surface area contributed by atoms with Crippen LogP contribution in [0.3, 0.4) is 0 Å². The second-order valence-corrected chi connectivity index (χ2v) is 3.76. The van der Waals surface area contributed by atoms with Gasteiger partial charge >= 0.3 is 0 Å². The third kappa shape index (κ3) is 2.69. The van der Waals surface area contributed by atoms with Crippen molar-refractivity contribution in [1.82, 2.24) is 10.9 Å². The number of carbonyl (C=O) groups excluding carboxylic acids is 1. The van der Waals surface area contributed by atoms with Crippen LogP contribution in [0.1, 0.15) is 6.92 Å². The van der Waals surface area contributed by atoms with Crippen LogP contribution in [0, 0.1) is 0 Å². The molecule has 0 fully saturated rings. The Balaban J connectivity index is 1.97. The molecule has 90 valence electrons. The average Bonchev–Trinajstić information content (AvgIpc) is 2.35. The lowest BCUT2D eigenvalue weighted by Gasteiger charge is -2.25. The first-order chi connectivity index (χ1) is 8.16. The lowest BCUT2D eigenvalue weighted by molar-refractivity contribution is -0.131. The molecule has 0 radical (unpaired) electrons. The van der Waals surface area contributed by atoms with Crippen LogP contribution in [0.4, 0.5) is 0 Å². The van der Waals surface area contributed by atoms with Crippen LogP contribution in [0.5, 0.6) is 11.5 Å². The highest BCUT2D eigenvalue weighted by Crippen LogP contribution is 2.30. The smallest absolute Gasteiger partial charge is 0.282 e. The van der Waals surface area contributed by atoms with E-state index in [1.165, 1.54) is 0 Å². The van der Waals surface area contributed by atoms with E-state index in [0.717, 1.165) is 0 Å². The highest BCUT2D eigenvalue weighted by Gasteiger charge is 2.26. The van der Waals surface area contributed by atoms with E-state index in [-0.39, 0.29) is 12.5 Å². The molecule has 0 saturated carbocycles. The standard InChI is InChI=1S/C12H14N2O3/c1-8(2)13-14-12(15)11-7-16-9-5-3-4-6-10(9)17-11/h3-6,11,13H,1,7H2,2H3,(H,14,15)/t11-/m1/s1. The lowest BCUT2D eigenvalue weighted by Crippen LogP contribution is -2.48. The van der Waals surface area contributed by atoms with Gasteiger partial charge in [0.15, 0.2) is 11.5 Å².